The summed E-state index contributed by atoms with van der Waals surface area (Å²) in [5, 5.41) is 8.93. The van der Waals surface area contributed by atoms with Crippen molar-refractivity contribution in [3.05, 3.63) is 35.4 Å². The SMILES string of the molecule is Cl.O=C(CC1CCCN1)NCc1ccc(C(=O)N2CCNC(=O)C2)cc1. The van der Waals surface area contributed by atoms with Crippen LogP contribution in [0, 0.1) is 0 Å². The molecule has 1 aromatic rings. The smallest absolute Gasteiger partial charge is 0.254 e. The number of carbonyl (C=O) groups excluding carboxylic acids is 3. The molecule has 1 unspecified atom stereocenters. The number of piperazine rings is 1. The zero-order valence-electron chi connectivity index (χ0n) is 14.6. The second-order valence-corrected chi connectivity index (χ2v) is 6.55. The Morgan fingerprint density at radius 2 is 1.96 bits per heavy atom. The van der Waals surface area contributed by atoms with Crippen LogP contribution in [-0.2, 0) is 16.1 Å². The molecule has 2 aliphatic rings. The van der Waals surface area contributed by atoms with E-state index in [1.807, 2.05) is 12.1 Å². The zero-order valence-corrected chi connectivity index (χ0v) is 15.4. The summed E-state index contributed by atoms with van der Waals surface area (Å²) < 4.78 is 0. The Morgan fingerprint density at radius 1 is 1.19 bits per heavy atom. The first-order valence-electron chi connectivity index (χ1n) is 8.77. The minimum Gasteiger partial charge on any atom is -0.353 e. The Morgan fingerprint density at radius 3 is 2.62 bits per heavy atom. The summed E-state index contributed by atoms with van der Waals surface area (Å²) in [5.74, 6) is -0.229. The Labute approximate surface area is 159 Å². The predicted octanol–water partition coefficient (Wildman–Crippen LogP) is 0.439. The molecule has 26 heavy (non-hydrogen) atoms. The van der Waals surface area contributed by atoms with Crippen molar-refractivity contribution in [3.63, 3.8) is 0 Å². The van der Waals surface area contributed by atoms with Crippen molar-refractivity contribution in [1.82, 2.24) is 20.9 Å². The summed E-state index contributed by atoms with van der Waals surface area (Å²) in [6, 6.07) is 7.46. The van der Waals surface area contributed by atoms with Crippen molar-refractivity contribution >= 4 is 30.1 Å². The van der Waals surface area contributed by atoms with E-state index in [1.54, 1.807) is 17.0 Å². The first kappa shape index (κ1) is 20.2. The average Bonchev–Trinajstić information content (AvgIpc) is 3.13. The van der Waals surface area contributed by atoms with Crippen molar-refractivity contribution in [2.45, 2.75) is 31.8 Å². The standard InChI is InChI=1S/C18H24N4O3.ClH/c23-16(10-15-2-1-7-19-15)21-11-13-3-5-14(6-4-13)18(25)22-9-8-20-17(24)12-22;/h3-6,15,19H,1-2,7-12H2,(H,20,24)(H,21,23);1H. The van der Waals surface area contributed by atoms with Gasteiger partial charge in [-0.1, -0.05) is 12.1 Å². The lowest BCUT2D eigenvalue weighted by molar-refractivity contribution is -0.123. The molecular formula is C18H25ClN4O3. The molecule has 1 atom stereocenters. The molecule has 142 valence electrons. The second kappa shape index (κ2) is 9.54. The lowest BCUT2D eigenvalue weighted by Crippen LogP contribution is -2.49. The third-order valence-electron chi connectivity index (χ3n) is 4.61. The Kier molecular flexibility index (Phi) is 7.41. The maximum Gasteiger partial charge on any atom is 0.254 e. The molecule has 1 aromatic carbocycles. The molecule has 8 heteroatoms. The first-order valence-corrected chi connectivity index (χ1v) is 8.77. The highest BCUT2D eigenvalue weighted by atomic mass is 35.5. The van der Waals surface area contributed by atoms with Gasteiger partial charge in [0.25, 0.3) is 5.91 Å². The van der Waals surface area contributed by atoms with Gasteiger partial charge in [0.15, 0.2) is 0 Å². The Hall–Kier alpha value is -2.12. The third-order valence-corrected chi connectivity index (χ3v) is 4.61. The molecule has 0 aliphatic carbocycles. The van der Waals surface area contributed by atoms with Gasteiger partial charge in [-0.05, 0) is 37.1 Å². The van der Waals surface area contributed by atoms with Gasteiger partial charge in [0.2, 0.25) is 11.8 Å². The molecule has 0 spiro atoms. The van der Waals surface area contributed by atoms with E-state index < -0.39 is 0 Å². The number of rotatable bonds is 5. The molecule has 7 nitrogen and oxygen atoms in total. The van der Waals surface area contributed by atoms with Crippen molar-refractivity contribution in [2.24, 2.45) is 0 Å². The van der Waals surface area contributed by atoms with Crippen LogP contribution in [-0.4, -0.2) is 54.8 Å². The van der Waals surface area contributed by atoms with Crippen molar-refractivity contribution in [1.29, 1.82) is 0 Å². The van der Waals surface area contributed by atoms with Gasteiger partial charge in [-0.25, -0.2) is 0 Å². The normalized spacial score (nSPS) is 19.5. The fourth-order valence-electron chi connectivity index (χ4n) is 3.19. The van der Waals surface area contributed by atoms with E-state index in [1.165, 1.54) is 0 Å². The fraction of sp³-hybridized carbons (Fsp3) is 0.500. The summed E-state index contributed by atoms with van der Waals surface area (Å²) in [5.41, 5.74) is 1.50. The van der Waals surface area contributed by atoms with Crippen LogP contribution in [0.2, 0.25) is 0 Å². The van der Waals surface area contributed by atoms with E-state index in [0.29, 0.717) is 37.7 Å². The summed E-state index contributed by atoms with van der Waals surface area (Å²) in [6.45, 7) is 2.56. The number of nitrogens with zero attached hydrogens (tertiary/aromatic N) is 1. The molecule has 0 bridgehead atoms. The maximum absolute atomic E-state index is 12.4. The van der Waals surface area contributed by atoms with Crippen LogP contribution in [0.4, 0.5) is 0 Å². The van der Waals surface area contributed by atoms with Gasteiger partial charge >= 0.3 is 0 Å². The zero-order chi connectivity index (χ0) is 17.6. The molecule has 0 saturated carbocycles. The molecule has 3 amide bonds. The van der Waals surface area contributed by atoms with Crippen LogP contribution in [0.1, 0.15) is 35.2 Å². The lowest BCUT2D eigenvalue weighted by Gasteiger charge is -2.26. The van der Waals surface area contributed by atoms with Crippen molar-refractivity contribution in [2.75, 3.05) is 26.2 Å². The van der Waals surface area contributed by atoms with Crippen LogP contribution >= 0.6 is 12.4 Å². The third kappa shape index (κ3) is 5.44. The quantitative estimate of drug-likeness (QED) is 0.691. The molecule has 2 aliphatic heterocycles. The molecular weight excluding hydrogens is 356 g/mol. The number of hydrogen-bond acceptors (Lipinski definition) is 4. The van der Waals surface area contributed by atoms with Crippen molar-refractivity contribution in [3.8, 4) is 0 Å². The molecule has 2 saturated heterocycles. The van der Waals surface area contributed by atoms with E-state index in [9.17, 15) is 14.4 Å². The van der Waals surface area contributed by atoms with E-state index in [-0.39, 0.29) is 36.7 Å². The van der Waals surface area contributed by atoms with Gasteiger partial charge in [0.05, 0.1) is 6.54 Å². The summed E-state index contributed by atoms with van der Waals surface area (Å²) >= 11 is 0. The largest absolute Gasteiger partial charge is 0.353 e. The molecule has 3 N–H and O–H groups in total. The number of benzene rings is 1. The van der Waals surface area contributed by atoms with Gasteiger partial charge in [-0.2, -0.15) is 0 Å². The van der Waals surface area contributed by atoms with Crippen LogP contribution < -0.4 is 16.0 Å². The number of carbonyl (C=O) groups is 3. The summed E-state index contributed by atoms with van der Waals surface area (Å²) in [4.78, 5) is 37.3. The molecule has 2 heterocycles. The van der Waals surface area contributed by atoms with Gasteiger partial charge in [0, 0.05) is 37.7 Å². The summed E-state index contributed by atoms with van der Waals surface area (Å²) in [6.07, 6.45) is 2.69. The lowest BCUT2D eigenvalue weighted by atomic mass is 10.1. The molecule has 0 aromatic heterocycles. The average molecular weight is 381 g/mol. The van der Waals surface area contributed by atoms with Crippen LogP contribution in [0.5, 0.6) is 0 Å². The summed E-state index contributed by atoms with van der Waals surface area (Å²) in [7, 11) is 0. The number of amides is 3. The van der Waals surface area contributed by atoms with Crippen LogP contribution in [0.15, 0.2) is 24.3 Å². The number of hydrogen-bond donors (Lipinski definition) is 3. The highest BCUT2D eigenvalue weighted by molar-refractivity contribution is 5.97. The minimum absolute atomic E-state index is 0. The van der Waals surface area contributed by atoms with Gasteiger partial charge in [0.1, 0.15) is 0 Å². The molecule has 2 fully saturated rings. The van der Waals surface area contributed by atoms with Gasteiger partial charge < -0.3 is 20.9 Å². The predicted molar refractivity (Wildman–Crippen MR) is 100 cm³/mol. The van der Waals surface area contributed by atoms with Crippen LogP contribution in [0.3, 0.4) is 0 Å². The maximum atomic E-state index is 12.4. The Bertz CT molecular complexity index is 644. The van der Waals surface area contributed by atoms with E-state index in [2.05, 4.69) is 16.0 Å². The minimum atomic E-state index is -0.141. The second-order valence-electron chi connectivity index (χ2n) is 6.55. The van der Waals surface area contributed by atoms with Crippen LogP contribution in [0.25, 0.3) is 0 Å². The highest BCUT2D eigenvalue weighted by Crippen LogP contribution is 2.10. The topological polar surface area (TPSA) is 90.5 Å². The van der Waals surface area contributed by atoms with Gasteiger partial charge in [-0.3, -0.25) is 14.4 Å². The highest BCUT2D eigenvalue weighted by Gasteiger charge is 2.22. The number of nitrogens with one attached hydrogen (secondary N) is 3. The molecule has 0 radical (unpaired) electrons. The van der Waals surface area contributed by atoms with E-state index >= 15 is 0 Å². The van der Waals surface area contributed by atoms with Crippen molar-refractivity contribution < 1.29 is 14.4 Å². The fourth-order valence-corrected chi connectivity index (χ4v) is 3.19. The van der Waals surface area contributed by atoms with E-state index in [4.69, 9.17) is 0 Å². The van der Waals surface area contributed by atoms with Gasteiger partial charge in [-0.15, -0.1) is 12.4 Å². The number of halogens is 1. The van der Waals surface area contributed by atoms with E-state index in [0.717, 1.165) is 24.9 Å². The first-order chi connectivity index (χ1) is 12.1. The molecule has 3 rings (SSSR count). The Balaban J connectivity index is 0.00000243. The monoisotopic (exact) mass is 380 g/mol.